The zero-order chi connectivity index (χ0) is 19.5. The highest BCUT2D eigenvalue weighted by Gasteiger charge is 2.43. The van der Waals surface area contributed by atoms with Gasteiger partial charge in [0.25, 0.3) is 5.91 Å². The van der Waals surface area contributed by atoms with Crippen LogP contribution in [0.5, 0.6) is 0 Å². The number of allylic oxidation sites excluding steroid dienone is 1. The topological polar surface area (TPSA) is 40.6 Å². The van der Waals surface area contributed by atoms with Crippen molar-refractivity contribution < 1.29 is 9.59 Å². The van der Waals surface area contributed by atoms with Crippen LogP contribution in [0.25, 0.3) is 0 Å². The zero-order valence-electron chi connectivity index (χ0n) is 17.0. The molecular weight excluding hydrogens is 348 g/mol. The van der Waals surface area contributed by atoms with Crippen molar-refractivity contribution in [3.8, 4) is 0 Å². The van der Waals surface area contributed by atoms with Gasteiger partial charge in [-0.3, -0.25) is 9.59 Å². The Morgan fingerprint density at radius 3 is 2.43 bits per heavy atom. The van der Waals surface area contributed by atoms with Gasteiger partial charge in [-0.15, -0.1) is 0 Å². The van der Waals surface area contributed by atoms with E-state index in [1.54, 1.807) is 0 Å². The molecule has 2 amide bonds. The molecule has 4 nitrogen and oxygen atoms in total. The Balaban J connectivity index is 1.58. The molecule has 3 aliphatic rings. The van der Waals surface area contributed by atoms with Crippen LogP contribution in [0.3, 0.4) is 0 Å². The maximum atomic E-state index is 13.5. The van der Waals surface area contributed by atoms with Crippen molar-refractivity contribution in [1.82, 2.24) is 9.80 Å². The smallest absolute Gasteiger partial charge is 0.250 e. The number of benzene rings is 1. The molecule has 1 atom stereocenters. The predicted octanol–water partition coefficient (Wildman–Crippen LogP) is 4.54. The van der Waals surface area contributed by atoms with E-state index >= 15 is 0 Å². The fraction of sp³-hybridized carbons (Fsp3) is 0.583. The van der Waals surface area contributed by atoms with Gasteiger partial charge in [0.2, 0.25) is 5.91 Å². The molecule has 1 heterocycles. The Labute approximate surface area is 168 Å². The zero-order valence-corrected chi connectivity index (χ0v) is 17.0. The molecular formula is C24H32N2O2. The van der Waals surface area contributed by atoms with Gasteiger partial charge in [0, 0.05) is 12.6 Å². The number of carbonyl (C=O) groups is 2. The summed E-state index contributed by atoms with van der Waals surface area (Å²) in [6, 6.07) is 7.92. The summed E-state index contributed by atoms with van der Waals surface area (Å²) in [4.78, 5) is 30.4. The molecule has 2 fully saturated rings. The highest BCUT2D eigenvalue weighted by molar-refractivity contribution is 5.95. The Hall–Kier alpha value is -2.10. The number of carbonyl (C=O) groups excluding carboxylic acids is 2. The van der Waals surface area contributed by atoms with E-state index in [0.717, 1.165) is 50.5 Å². The molecule has 2 aliphatic carbocycles. The first-order valence-electron chi connectivity index (χ1n) is 11.0. The standard InChI is InChI=1S/C24H32N2O2/c1-18-11-13-20(14-12-18)23-24(28)26(21-9-5-6-10-21)17-22(27)25(23)16-15-19-7-3-2-4-8-19/h7,11-14,21,23H,2-6,8-10,15-17H2,1H3. The Kier molecular flexibility index (Phi) is 5.84. The largest absolute Gasteiger partial charge is 0.328 e. The number of hydrogen-bond donors (Lipinski definition) is 0. The Morgan fingerprint density at radius 1 is 1.00 bits per heavy atom. The number of amides is 2. The van der Waals surface area contributed by atoms with Crippen molar-refractivity contribution in [2.24, 2.45) is 0 Å². The molecule has 4 rings (SSSR count). The molecule has 1 unspecified atom stereocenters. The second kappa shape index (κ2) is 8.50. The quantitative estimate of drug-likeness (QED) is 0.704. The molecule has 1 aromatic rings. The third-order valence-corrected chi connectivity index (χ3v) is 6.67. The van der Waals surface area contributed by atoms with Gasteiger partial charge in [0.05, 0.1) is 0 Å². The lowest BCUT2D eigenvalue weighted by atomic mass is 9.95. The van der Waals surface area contributed by atoms with Crippen LogP contribution in [0.4, 0.5) is 0 Å². The fourth-order valence-electron chi connectivity index (χ4n) is 4.99. The van der Waals surface area contributed by atoms with Crippen molar-refractivity contribution in [2.45, 2.75) is 76.8 Å². The molecule has 0 N–H and O–H groups in total. The lowest BCUT2D eigenvalue weighted by molar-refractivity contribution is -0.158. The van der Waals surface area contributed by atoms with Crippen LogP contribution in [0.15, 0.2) is 35.9 Å². The summed E-state index contributed by atoms with van der Waals surface area (Å²) in [5.41, 5.74) is 3.57. The second-order valence-corrected chi connectivity index (χ2v) is 8.66. The average Bonchev–Trinajstić information content (AvgIpc) is 3.24. The maximum Gasteiger partial charge on any atom is 0.250 e. The highest BCUT2D eigenvalue weighted by Crippen LogP contribution is 2.33. The van der Waals surface area contributed by atoms with Crippen LogP contribution in [-0.4, -0.2) is 40.7 Å². The van der Waals surface area contributed by atoms with Crippen LogP contribution >= 0.6 is 0 Å². The lowest BCUT2D eigenvalue weighted by Crippen LogP contribution is -2.58. The maximum absolute atomic E-state index is 13.5. The van der Waals surface area contributed by atoms with Gasteiger partial charge in [-0.05, 0) is 57.4 Å². The monoisotopic (exact) mass is 380 g/mol. The molecule has 0 spiro atoms. The normalized spacial score (nSPS) is 24.0. The first-order chi connectivity index (χ1) is 13.6. The van der Waals surface area contributed by atoms with Crippen molar-refractivity contribution in [2.75, 3.05) is 13.1 Å². The molecule has 150 valence electrons. The minimum atomic E-state index is -0.466. The van der Waals surface area contributed by atoms with Gasteiger partial charge in [0.1, 0.15) is 12.6 Å². The number of nitrogens with zero attached hydrogens (tertiary/aromatic N) is 2. The molecule has 1 saturated carbocycles. The SMILES string of the molecule is Cc1ccc(C2C(=O)N(C3CCCC3)CC(=O)N2CCC2=CCCCC2)cc1. The lowest BCUT2D eigenvalue weighted by Gasteiger charge is -2.43. The van der Waals surface area contributed by atoms with Crippen molar-refractivity contribution in [3.63, 3.8) is 0 Å². The first kappa shape index (κ1) is 19.2. The van der Waals surface area contributed by atoms with E-state index in [4.69, 9.17) is 0 Å². The average molecular weight is 381 g/mol. The summed E-state index contributed by atoms with van der Waals surface area (Å²) in [7, 11) is 0. The van der Waals surface area contributed by atoms with Crippen LogP contribution in [0.1, 0.15) is 75.0 Å². The third kappa shape index (κ3) is 4.01. The van der Waals surface area contributed by atoms with Crippen LogP contribution < -0.4 is 0 Å². The molecule has 0 radical (unpaired) electrons. The number of piperazine rings is 1. The number of hydrogen-bond acceptors (Lipinski definition) is 2. The fourth-order valence-corrected chi connectivity index (χ4v) is 4.99. The summed E-state index contributed by atoms with van der Waals surface area (Å²) in [6.07, 6.45) is 12.4. The molecule has 28 heavy (non-hydrogen) atoms. The van der Waals surface area contributed by atoms with Gasteiger partial charge in [0.15, 0.2) is 0 Å². The van der Waals surface area contributed by atoms with Gasteiger partial charge < -0.3 is 9.80 Å². The van der Waals surface area contributed by atoms with Crippen LogP contribution in [0.2, 0.25) is 0 Å². The second-order valence-electron chi connectivity index (χ2n) is 8.66. The first-order valence-corrected chi connectivity index (χ1v) is 11.0. The Bertz CT molecular complexity index is 746. The molecule has 4 heteroatoms. The number of rotatable bonds is 5. The molecule has 1 aromatic carbocycles. The van der Waals surface area contributed by atoms with Gasteiger partial charge >= 0.3 is 0 Å². The predicted molar refractivity (Wildman–Crippen MR) is 111 cm³/mol. The molecule has 0 aromatic heterocycles. The summed E-state index contributed by atoms with van der Waals surface area (Å²) >= 11 is 0. The minimum Gasteiger partial charge on any atom is -0.328 e. The van der Waals surface area contributed by atoms with E-state index in [9.17, 15) is 9.59 Å². The summed E-state index contributed by atoms with van der Waals surface area (Å²) in [5.74, 6) is 0.224. The van der Waals surface area contributed by atoms with Gasteiger partial charge in [-0.1, -0.05) is 54.3 Å². The van der Waals surface area contributed by atoms with E-state index in [1.165, 1.54) is 24.0 Å². The minimum absolute atomic E-state index is 0.105. The van der Waals surface area contributed by atoms with Crippen LogP contribution in [0, 0.1) is 6.92 Å². The van der Waals surface area contributed by atoms with E-state index in [1.807, 2.05) is 34.1 Å². The van der Waals surface area contributed by atoms with Crippen molar-refractivity contribution in [1.29, 1.82) is 0 Å². The molecule has 0 bridgehead atoms. The molecule has 1 saturated heterocycles. The number of aryl methyl sites for hydroxylation is 1. The van der Waals surface area contributed by atoms with Gasteiger partial charge in [-0.2, -0.15) is 0 Å². The van der Waals surface area contributed by atoms with Crippen LogP contribution in [-0.2, 0) is 9.59 Å². The van der Waals surface area contributed by atoms with Crippen molar-refractivity contribution in [3.05, 3.63) is 47.0 Å². The summed E-state index contributed by atoms with van der Waals surface area (Å²) < 4.78 is 0. The Morgan fingerprint density at radius 2 is 1.75 bits per heavy atom. The van der Waals surface area contributed by atoms with Crippen molar-refractivity contribution >= 4 is 11.8 Å². The third-order valence-electron chi connectivity index (χ3n) is 6.67. The highest BCUT2D eigenvalue weighted by atomic mass is 16.2. The summed E-state index contributed by atoms with van der Waals surface area (Å²) in [5, 5.41) is 0. The van der Waals surface area contributed by atoms with E-state index in [-0.39, 0.29) is 24.4 Å². The summed E-state index contributed by atoms with van der Waals surface area (Å²) in [6.45, 7) is 2.95. The van der Waals surface area contributed by atoms with Gasteiger partial charge in [-0.25, -0.2) is 0 Å². The van der Waals surface area contributed by atoms with E-state index in [0.29, 0.717) is 6.54 Å². The van der Waals surface area contributed by atoms with E-state index in [2.05, 4.69) is 13.0 Å². The molecule has 1 aliphatic heterocycles. The van der Waals surface area contributed by atoms with E-state index < -0.39 is 6.04 Å².